The molecule has 3 heteroatoms. The molecule has 3 atom stereocenters. The van der Waals surface area contributed by atoms with E-state index < -0.39 is 0 Å². The van der Waals surface area contributed by atoms with Gasteiger partial charge in [-0.1, -0.05) is 35.7 Å². The standard InChI is InChI=1S/C17H24BrNO/c1-2-11-3-4-12(7-11)16(19)10-14-9-15(18)8-13-5-6-20-17(13)14/h8-9,11-12,16H,2-7,10,19H2,1H3. The molecule has 2 N–H and O–H groups in total. The highest BCUT2D eigenvalue weighted by molar-refractivity contribution is 9.10. The summed E-state index contributed by atoms with van der Waals surface area (Å²) in [6.07, 6.45) is 7.26. The molecular formula is C17H24BrNO. The molecule has 0 aromatic heterocycles. The van der Waals surface area contributed by atoms with E-state index in [1.807, 2.05) is 0 Å². The molecule has 2 aliphatic rings. The summed E-state index contributed by atoms with van der Waals surface area (Å²) in [5.41, 5.74) is 9.13. The number of rotatable bonds is 4. The van der Waals surface area contributed by atoms with Crippen LogP contribution in [0.3, 0.4) is 0 Å². The van der Waals surface area contributed by atoms with Crippen LogP contribution in [0.2, 0.25) is 0 Å². The SMILES string of the molecule is CCC1CCC(C(N)Cc2cc(Br)cc3c2OCC3)C1. The van der Waals surface area contributed by atoms with Gasteiger partial charge in [-0.25, -0.2) is 0 Å². The molecule has 1 aromatic rings. The molecule has 0 bridgehead atoms. The number of ether oxygens (including phenoxy) is 1. The van der Waals surface area contributed by atoms with Gasteiger partial charge in [0, 0.05) is 16.9 Å². The van der Waals surface area contributed by atoms with Gasteiger partial charge in [0.1, 0.15) is 5.75 Å². The van der Waals surface area contributed by atoms with Crippen LogP contribution in [-0.4, -0.2) is 12.6 Å². The number of halogens is 1. The molecule has 0 saturated heterocycles. The molecule has 0 radical (unpaired) electrons. The highest BCUT2D eigenvalue weighted by Crippen LogP contribution is 2.38. The summed E-state index contributed by atoms with van der Waals surface area (Å²) in [5, 5.41) is 0. The van der Waals surface area contributed by atoms with E-state index in [9.17, 15) is 0 Å². The zero-order chi connectivity index (χ0) is 14.1. The van der Waals surface area contributed by atoms with Crippen molar-refractivity contribution in [1.29, 1.82) is 0 Å². The first-order chi connectivity index (χ1) is 9.67. The molecule has 1 heterocycles. The number of benzene rings is 1. The Morgan fingerprint density at radius 3 is 3.00 bits per heavy atom. The summed E-state index contributed by atoms with van der Waals surface area (Å²) in [7, 11) is 0. The maximum absolute atomic E-state index is 6.50. The first-order valence-corrected chi connectivity index (χ1v) is 8.66. The Labute approximate surface area is 130 Å². The lowest BCUT2D eigenvalue weighted by atomic mass is 9.91. The number of nitrogens with two attached hydrogens (primary N) is 1. The van der Waals surface area contributed by atoms with Crippen molar-refractivity contribution < 1.29 is 4.74 Å². The summed E-state index contributed by atoms with van der Waals surface area (Å²) < 4.78 is 6.97. The lowest BCUT2D eigenvalue weighted by Crippen LogP contribution is -2.31. The average Bonchev–Trinajstić information content (AvgIpc) is 3.06. The van der Waals surface area contributed by atoms with Crippen molar-refractivity contribution in [2.45, 2.75) is 51.5 Å². The molecule has 3 rings (SSSR count). The summed E-state index contributed by atoms with van der Waals surface area (Å²) in [4.78, 5) is 0. The van der Waals surface area contributed by atoms with Crippen molar-refractivity contribution in [2.24, 2.45) is 17.6 Å². The quantitative estimate of drug-likeness (QED) is 0.898. The van der Waals surface area contributed by atoms with Gasteiger partial charge < -0.3 is 10.5 Å². The highest BCUT2D eigenvalue weighted by Gasteiger charge is 2.29. The van der Waals surface area contributed by atoms with E-state index in [0.29, 0.717) is 5.92 Å². The Hall–Kier alpha value is -0.540. The molecule has 110 valence electrons. The van der Waals surface area contributed by atoms with E-state index in [1.54, 1.807) is 0 Å². The van der Waals surface area contributed by atoms with E-state index >= 15 is 0 Å². The second-order valence-corrected chi connectivity index (χ2v) is 7.28. The zero-order valence-corrected chi connectivity index (χ0v) is 13.8. The number of hydrogen-bond donors (Lipinski definition) is 1. The Morgan fingerprint density at radius 2 is 2.25 bits per heavy atom. The van der Waals surface area contributed by atoms with Crippen molar-refractivity contribution in [3.8, 4) is 5.75 Å². The van der Waals surface area contributed by atoms with Gasteiger partial charge >= 0.3 is 0 Å². The molecule has 0 spiro atoms. The zero-order valence-electron chi connectivity index (χ0n) is 12.2. The first-order valence-electron chi connectivity index (χ1n) is 7.87. The fourth-order valence-electron chi connectivity index (χ4n) is 3.79. The third-order valence-corrected chi connectivity index (χ3v) is 5.50. The number of fused-ring (bicyclic) bond motifs is 1. The molecule has 1 fully saturated rings. The van der Waals surface area contributed by atoms with Crippen molar-refractivity contribution in [1.82, 2.24) is 0 Å². The normalized spacial score (nSPS) is 26.4. The molecule has 1 saturated carbocycles. The van der Waals surface area contributed by atoms with Crippen LogP contribution in [0, 0.1) is 11.8 Å². The van der Waals surface area contributed by atoms with Crippen molar-refractivity contribution in [2.75, 3.05) is 6.61 Å². The van der Waals surface area contributed by atoms with Crippen molar-refractivity contribution in [3.05, 3.63) is 27.7 Å². The van der Waals surface area contributed by atoms with Crippen LogP contribution >= 0.6 is 15.9 Å². The maximum Gasteiger partial charge on any atom is 0.125 e. The third kappa shape index (κ3) is 2.89. The average molecular weight is 338 g/mol. The molecule has 1 aromatic carbocycles. The van der Waals surface area contributed by atoms with E-state index in [1.165, 1.54) is 36.8 Å². The summed E-state index contributed by atoms with van der Waals surface area (Å²) in [6, 6.07) is 4.64. The third-order valence-electron chi connectivity index (χ3n) is 5.05. The second-order valence-electron chi connectivity index (χ2n) is 6.37. The van der Waals surface area contributed by atoms with Gasteiger partial charge in [-0.2, -0.15) is 0 Å². The molecular weight excluding hydrogens is 314 g/mol. The van der Waals surface area contributed by atoms with Crippen LogP contribution in [0.15, 0.2) is 16.6 Å². The van der Waals surface area contributed by atoms with Gasteiger partial charge in [-0.3, -0.25) is 0 Å². The smallest absolute Gasteiger partial charge is 0.125 e. The van der Waals surface area contributed by atoms with E-state index in [-0.39, 0.29) is 6.04 Å². The van der Waals surface area contributed by atoms with Crippen molar-refractivity contribution >= 4 is 15.9 Å². The van der Waals surface area contributed by atoms with Gasteiger partial charge in [0.2, 0.25) is 0 Å². The predicted octanol–water partition coefficient (Wildman–Crippen LogP) is 4.08. The van der Waals surface area contributed by atoms with Crippen LogP contribution in [0.1, 0.15) is 43.7 Å². The largest absolute Gasteiger partial charge is 0.493 e. The summed E-state index contributed by atoms with van der Waals surface area (Å²) in [5.74, 6) is 2.69. The summed E-state index contributed by atoms with van der Waals surface area (Å²) >= 11 is 3.61. The highest BCUT2D eigenvalue weighted by atomic mass is 79.9. The topological polar surface area (TPSA) is 35.2 Å². The van der Waals surface area contributed by atoms with Crippen LogP contribution in [0.25, 0.3) is 0 Å². The Bertz CT molecular complexity index is 488. The second kappa shape index (κ2) is 6.07. The monoisotopic (exact) mass is 337 g/mol. The summed E-state index contributed by atoms with van der Waals surface area (Å²) in [6.45, 7) is 3.11. The molecule has 20 heavy (non-hydrogen) atoms. The lowest BCUT2D eigenvalue weighted by molar-refractivity contribution is 0.348. The van der Waals surface area contributed by atoms with Crippen LogP contribution in [0.4, 0.5) is 0 Å². The van der Waals surface area contributed by atoms with Gasteiger partial charge in [0.25, 0.3) is 0 Å². The van der Waals surface area contributed by atoms with Gasteiger partial charge in [0.05, 0.1) is 6.61 Å². The fourth-order valence-corrected chi connectivity index (χ4v) is 4.34. The Kier molecular flexibility index (Phi) is 4.37. The van der Waals surface area contributed by atoms with Gasteiger partial charge in [0.15, 0.2) is 0 Å². The minimum atomic E-state index is 0.272. The minimum absolute atomic E-state index is 0.272. The van der Waals surface area contributed by atoms with Gasteiger partial charge in [-0.15, -0.1) is 0 Å². The van der Waals surface area contributed by atoms with E-state index in [2.05, 4.69) is 35.0 Å². The van der Waals surface area contributed by atoms with Crippen LogP contribution in [0.5, 0.6) is 5.75 Å². The van der Waals surface area contributed by atoms with Gasteiger partial charge in [-0.05, 0) is 54.4 Å². The predicted molar refractivity (Wildman–Crippen MR) is 86.1 cm³/mol. The maximum atomic E-state index is 6.50. The molecule has 2 nitrogen and oxygen atoms in total. The lowest BCUT2D eigenvalue weighted by Gasteiger charge is -2.21. The number of hydrogen-bond acceptors (Lipinski definition) is 2. The molecule has 1 aliphatic carbocycles. The van der Waals surface area contributed by atoms with Crippen molar-refractivity contribution in [3.63, 3.8) is 0 Å². The molecule has 1 aliphatic heterocycles. The fraction of sp³-hybridized carbons (Fsp3) is 0.647. The van der Waals surface area contributed by atoms with Crippen LogP contribution in [-0.2, 0) is 12.8 Å². The Morgan fingerprint density at radius 1 is 1.40 bits per heavy atom. The molecule has 0 amide bonds. The first kappa shape index (κ1) is 14.4. The van der Waals surface area contributed by atoms with Crippen LogP contribution < -0.4 is 10.5 Å². The Balaban J connectivity index is 1.72. The van der Waals surface area contributed by atoms with E-state index in [4.69, 9.17) is 10.5 Å². The molecule has 3 unspecified atom stereocenters. The minimum Gasteiger partial charge on any atom is -0.493 e. The van der Waals surface area contributed by atoms with E-state index in [0.717, 1.165) is 35.6 Å².